The van der Waals surface area contributed by atoms with E-state index in [9.17, 15) is 4.79 Å². The van der Waals surface area contributed by atoms with Crippen LogP contribution in [0.5, 0.6) is 5.75 Å². The van der Waals surface area contributed by atoms with E-state index in [1.807, 2.05) is 26.0 Å². The predicted molar refractivity (Wildman–Crippen MR) is 80.5 cm³/mol. The minimum absolute atomic E-state index is 0.0491. The number of carbonyl (C=O) groups is 1. The van der Waals surface area contributed by atoms with Crippen molar-refractivity contribution in [3.8, 4) is 5.75 Å². The molecule has 112 valence electrons. The third-order valence-electron chi connectivity index (χ3n) is 3.17. The monoisotopic (exact) mass is 299 g/mol. The molecule has 0 heterocycles. The number of hydrogen-bond donors (Lipinski definition) is 1. The number of hydrogen-bond acceptors (Lipinski definition) is 3. The highest BCUT2D eigenvalue weighted by atomic mass is 35.5. The largest absolute Gasteiger partial charge is 0.494 e. The molecule has 0 aromatic heterocycles. The highest BCUT2D eigenvalue weighted by Crippen LogP contribution is 2.15. The highest BCUT2D eigenvalue weighted by molar-refractivity contribution is 6.30. The molecular weight excluding hydrogens is 278 g/mol. The van der Waals surface area contributed by atoms with Gasteiger partial charge >= 0.3 is 5.97 Å². The number of rotatable bonds is 9. The average Bonchev–Trinajstić information content (AvgIpc) is 2.40. The molecule has 0 aliphatic carbocycles. The van der Waals surface area contributed by atoms with Gasteiger partial charge < -0.3 is 14.7 Å². The normalized spacial score (nSPS) is 12.4. The third kappa shape index (κ3) is 6.26. The molecular formula is C15H22ClNO3. The van der Waals surface area contributed by atoms with Gasteiger partial charge in [-0.3, -0.25) is 4.79 Å². The Balaban J connectivity index is 2.27. The van der Waals surface area contributed by atoms with E-state index in [1.54, 1.807) is 12.1 Å². The molecule has 1 rings (SSSR count). The second-order valence-electron chi connectivity index (χ2n) is 4.73. The Morgan fingerprint density at radius 2 is 2.05 bits per heavy atom. The summed E-state index contributed by atoms with van der Waals surface area (Å²) in [6.07, 6.45) is 1.03. The predicted octanol–water partition coefficient (Wildman–Crippen LogP) is 3.29. The van der Waals surface area contributed by atoms with Crippen molar-refractivity contribution >= 4 is 17.6 Å². The molecule has 1 atom stereocenters. The summed E-state index contributed by atoms with van der Waals surface area (Å²) in [6.45, 7) is 6.27. The lowest BCUT2D eigenvalue weighted by Gasteiger charge is -2.26. The second-order valence-corrected chi connectivity index (χ2v) is 5.17. The van der Waals surface area contributed by atoms with Gasteiger partial charge in [0.2, 0.25) is 0 Å². The third-order valence-corrected chi connectivity index (χ3v) is 3.42. The Morgan fingerprint density at radius 3 is 2.60 bits per heavy atom. The summed E-state index contributed by atoms with van der Waals surface area (Å²) in [5, 5.41) is 9.50. The molecule has 0 saturated heterocycles. The zero-order valence-corrected chi connectivity index (χ0v) is 12.8. The van der Waals surface area contributed by atoms with E-state index < -0.39 is 5.97 Å². The van der Waals surface area contributed by atoms with Crippen LogP contribution in [-0.2, 0) is 4.79 Å². The van der Waals surface area contributed by atoms with E-state index in [1.165, 1.54) is 0 Å². The van der Waals surface area contributed by atoms with Crippen LogP contribution in [0.25, 0.3) is 0 Å². The van der Waals surface area contributed by atoms with E-state index in [-0.39, 0.29) is 12.5 Å². The summed E-state index contributed by atoms with van der Waals surface area (Å²) in [5.41, 5.74) is 0. The minimum Gasteiger partial charge on any atom is -0.494 e. The van der Waals surface area contributed by atoms with Crippen LogP contribution in [0.15, 0.2) is 24.3 Å². The van der Waals surface area contributed by atoms with Crippen molar-refractivity contribution in [1.29, 1.82) is 0 Å². The van der Waals surface area contributed by atoms with Gasteiger partial charge in [-0.2, -0.15) is 0 Å². The fourth-order valence-electron chi connectivity index (χ4n) is 2.06. The van der Waals surface area contributed by atoms with Gasteiger partial charge in [0.25, 0.3) is 0 Å². The summed E-state index contributed by atoms with van der Waals surface area (Å²) in [7, 11) is 0. The first-order valence-electron chi connectivity index (χ1n) is 6.87. The summed E-state index contributed by atoms with van der Waals surface area (Å²) in [5.74, 6) is 0.0457. The fourth-order valence-corrected chi connectivity index (χ4v) is 2.19. The SMILES string of the molecule is CCN(CCCOc1ccc(Cl)cc1)C(C)CC(=O)O. The van der Waals surface area contributed by atoms with E-state index >= 15 is 0 Å². The van der Waals surface area contributed by atoms with Gasteiger partial charge in [-0.1, -0.05) is 18.5 Å². The quantitative estimate of drug-likeness (QED) is 0.711. The fraction of sp³-hybridized carbons (Fsp3) is 0.533. The van der Waals surface area contributed by atoms with Crippen LogP contribution in [0.4, 0.5) is 0 Å². The number of benzene rings is 1. The van der Waals surface area contributed by atoms with Crippen LogP contribution in [0.2, 0.25) is 5.02 Å². The second kappa shape index (κ2) is 8.82. The Bertz CT molecular complexity index is 408. The molecule has 0 amide bonds. The number of aliphatic carboxylic acids is 1. The van der Waals surface area contributed by atoms with Crippen LogP contribution in [0, 0.1) is 0 Å². The molecule has 20 heavy (non-hydrogen) atoms. The van der Waals surface area contributed by atoms with Crippen molar-refractivity contribution < 1.29 is 14.6 Å². The molecule has 1 aromatic rings. The van der Waals surface area contributed by atoms with Crippen LogP contribution in [-0.4, -0.2) is 41.7 Å². The number of nitrogens with zero attached hydrogens (tertiary/aromatic N) is 1. The van der Waals surface area contributed by atoms with Crippen LogP contribution < -0.4 is 4.74 Å². The van der Waals surface area contributed by atoms with Gasteiger partial charge in [-0.15, -0.1) is 0 Å². The van der Waals surface area contributed by atoms with Gasteiger partial charge in [0.15, 0.2) is 0 Å². The number of ether oxygens (including phenoxy) is 1. The van der Waals surface area contributed by atoms with Crippen molar-refractivity contribution in [2.24, 2.45) is 0 Å². The van der Waals surface area contributed by atoms with Gasteiger partial charge in [0.05, 0.1) is 13.0 Å². The van der Waals surface area contributed by atoms with Crippen molar-refractivity contribution in [3.05, 3.63) is 29.3 Å². The van der Waals surface area contributed by atoms with Crippen molar-refractivity contribution in [1.82, 2.24) is 4.90 Å². The minimum atomic E-state index is -0.756. The maximum Gasteiger partial charge on any atom is 0.304 e. The molecule has 5 heteroatoms. The smallest absolute Gasteiger partial charge is 0.304 e. The van der Waals surface area contributed by atoms with E-state index in [2.05, 4.69) is 4.90 Å². The first-order chi connectivity index (χ1) is 9.52. The zero-order chi connectivity index (χ0) is 15.0. The molecule has 1 unspecified atom stereocenters. The molecule has 4 nitrogen and oxygen atoms in total. The molecule has 0 saturated carbocycles. The number of halogens is 1. The lowest BCUT2D eigenvalue weighted by Crippen LogP contribution is -2.35. The summed E-state index contributed by atoms with van der Waals surface area (Å²) < 4.78 is 5.62. The Labute approximate surface area is 125 Å². The first-order valence-corrected chi connectivity index (χ1v) is 7.25. The Hall–Kier alpha value is -1.26. The van der Waals surface area contributed by atoms with Gasteiger partial charge in [-0.25, -0.2) is 0 Å². The first kappa shape index (κ1) is 16.8. The lowest BCUT2D eigenvalue weighted by atomic mass is 10.2. The maximum atomic E-state index is 10.7. The zero-order valence-electron chi connectivity index (χ0n) is 12.0. The highest BCUT2D eigenvalue weighted by Gasteiger charge is 2.14. The van der Waals surface area contributed by atoms with Crippen molar-refractivity contribution in [3.63, 3.8) is 0 Å². The van der Waals surface area contributed by atoms with Crippen LogP contribution in [0.3, 0.4) is 0 Å². The van der Waals surface area contributed by atoms with Gasteiger partial charge in [0.1, 0.15) is 5.75 Å². The van der Waals surface area contributed by atoms with Gasteiger partial charge in [0, 0.05) is 17.6 Å². The van der Waals surface area contributed by atoms with E-state index in [4.69, 9.17) is 21.4 Å². The summed E-state index contributed by atoms with van der Waals surface area (Å²) in [4.78, 5) is 12.9. The molecule has 0 spiro atoms. The number of carboxylic acids is 1. The molecule has 0 bridgehead atoms. The number of carboxylic acid groups (broad SMARTS) is 1. The van der Waals surface area contributed by atoms with Crippen LogP contribution in [0.1, 0.15) is 26.7 Å². The summed E-state index contributed by atoms with van der Waals surface area (Å²) in [6, 6.07) is 7.32. The maximum absolute atomic E-state index is 10.7. The Kier molecular flexibility index (Phi) is 7.41. The van der Waals surface area contributed by atoms with Crippen molar-refractivity contribution in [2.75, 3.05) is 19.7 Å². The Morgan fingerprint density at radius 1 is 1.40 bits per heavy atom. The molecule has 0 radical (unpaired) electrons. The molecule has 0 aliphatic heterocycles. The molecule has 1 aromatic carbocycles. The molecule has 1 N–H and O–H groups in total. The van der Waals surface area contributed by atoms with E-state index in [0.29, 0.717) is 11.6 Å². The van der Waals surface area contributed by atoms with Crippen molar-refractivity contribution in [2.45, 2.75) is 32.7 Å². The standard InChI is InChI=1S/C15H22ClNO3/c1-3-17(12(2)11-15(18)19)9-4-10-20-14-7-5-13(16)6-8-14/h5-8,12H,3-4,9-11H2,1-2H3,(H,18,19). The molecule has 0 aliphatic rings. The molecule has 0 fully saturated rings. The average molecular weight is 300 g/mol. The topological polar surface area (TPSA) is 49.8 Å². The van der Waals surface area contributed by atoms with Gasteiger partial charge in [-0.05, 0) is 44.2 Å². The summed E-state index contributed by atoms with van der Waals surface area (Å²) >= 11 is 5.80. The van der Waals surface area contributed by atoms with E-state index in [0.717, 1.165) is 25.3 Å². The van der Waals surface area contributed by atoms with Crippen LogP contribution >= 0.6 is 11.6 Å². The lowest BCUT2D eigenvalue weighted by molar-refractivity contribution is -0.138.